The predicted molar refractivity (Wildman–Crippen MR) is 106 cm³/mol. The number of para-hydroxylation sites is 1. The van der Waals surface area contributed by atoms with Gasteiger partial charge in [-0.25, -0.2) is 9.59 Å². The summed E-state index contributed by atoms with van der Waals surface area (Å²) in [5.74, 6) is -0.788. The Bertz CT molecular complexity index is 1070. The van der Waals surface area contributed by atoms with Crippen molar-refractivity contribution in [2.24, 2.45) is 7.05 Å². The Labute approximate surface area is 172 Å². The van der Waals surface area contributed by atoms with Crippen LogP contribution in [0.1, 0.15) is 30.9 Å². The number of nitrogens with one attached hydrogen (secondary N) is 1. The highest BCUT2D eigenvalue weighted by molar-refractivity contribution is 6.00. The summed E-state index contributed by atoms with van der Waals surface area (Å²) < 4.78 is 8.70. The number of hydrogen-bond donors (Lipinski definition) is 2. The van der Waals surface area contributed by atoms with Gasteiger partial charge in [0, 0.05) is 20.0 Å². The van der Waals surface area contributed by atoms with Gasteiger partial charge in [0.25, 0.3) is 0 Å². The summed E-state index contributed by atoms with van der Waals surface area (Å²) >= 11 is 0. The predicted octanol–water partition coefficient (Wildman–Crippen LogP) is 0.629. The number of ether oxygens (including phenoxy) is 1. The van der Waals surface area contributed by atoms with E-state index in [9.17, 15) is 24.3 Å². The molecule has 0 radical (unpaired) electrons. The van der Waals surface area contributed by atoms with E-state index in [4.69, 9.17) is 4.74 Å². The van der Waals surface area contributed by atoms with Crippen LogP contribution in [0.25, 0.3) is 11.0 Å². The van der Waals surface area contributed by atoms with Crippen molar-refractivity contribution < 1.29 is 24.2 Å². The zero-order chi connectivity index (χ0) is 21.4. The van der Waals surface area contributed by atoms with Crippen LogP contribution < -0.4 is 11.0 Å². The summed E-state index contributed by atoms with van der Waals surface area (Å²) in [6.45, 7) is 1.05. The Balaban J connectivity index is 1.61. The number of benzene rings is 1. The van der Waals surface area contributed by atoms with E-state index in [0.717, 1.165) is 11.1 Å². The molecule has 10 nitrogen and oxygen atoms in total. The Kier molecular flexibility index (Phi) is 5.33. The van der Waals surface area contributed by atoms with Crippen LogP contribution in [0.2, 0.25) is 0 Å². The van der Waals surface area contributed by atoms with Gasteiger partial charge >= 0.3 is 11.8 Å². The SMILES string of the molecule is Cn1c(=O)n(C2CCC(=O)NC2=O)c2cccc(CC[C@@H]3CN(C(=O)O)CCO3)c21. The van der Waals surface area contributed by atoms with E-state index in [1.807, 2.05) is 12.1 Å². The Morgan fingerprint density at radius 2 is 2.10 bits per heavy atom. The normalized spacial score (nSPS) is 22.4. The summed E-state index contributed by atoms with van der Waals surface area (Å²) in [5, 5.41) is 11.5. The number of imidazole rings is 1. The number of rotatable bonds is 4. The third-order valence-electron chi connectivity index (χ3n) is 5.85. The van der Waals surface area contributed by atoms with Crippen molar-refractivity contribution in [1.29, 1.82) is 0 Å². The minimum absolute atomic E-state index is 0.192. The number of carboxylic acid groups (broad SMARTS) is 1. The second-order valence-corrected chi connectivity index (χ2v) is 7.72. The van der Waals surface area contributed by atoms with Gasteiger partial charge in [-0.15, -0.1) is 0 Å². The minimum Gasteiger partial charge on any atom is -0.465 e. The van der Waals surface area contributed by atoms with Gasteiger partial charge < -0.3 is 14.7 Å². The zero-order valence-electron chi connectivity index (χ0n) is 16.7. The molecule has 2 atom stereocenters. The summed E-state index contributed by atoms with van der Waals surface area (Å²) in [7, 11) is 1.67. The molecule has 2 aromatic rings. The summed E-state index contributed by atoms with van der Waals surface area (Å²) in [5.41, 5.74) is 2.00. The molecule has 2 aliphatic heterocycles. The third-order valence-corrected chi connectivity index (χ3v) is 5.85. The van der Waals surface area contributed by atoms with Crippen molar-refractivity contribution in [2.75, 3.05) is 19.7 Å². The average Bonchev–Trinajstić information content (AvgIpc) is 2.98. The Morgan fingerprint density at radius 3 is 2.83 bits per heavy atom. The van der Waals surface area contributed by atoms with E-state index in [1.54, 1.807) is 13.1 Å². The lowest BCUT2D eigenvalue weighted by atomic mass is 10.0. The number of carbonyl (C=O) groups excluding carboxylic acids is 2. The highest BCUT2D eigenvalue weighted by Gasteiger charge is 2.31. The molecule has 2 fully saturated rings. The highest BCUT2D eigenvalue weighted by atomic mass is 16.5. The highest BCUT2D eigenvalue weighted by Crippen LogP contribution is 2.26. The molecule has 4 rings (SSSR count). The second kappa shape index (κ2) is 7.94. The number of hydrogen-bond acceptors (Lipinski definition) is 5. The molecule has 1 aromatic carbocycles. The minimum atomic E-state index is -0.950. The lowest BCUT2D eigenvalue weighted by molar-refractivity contribution is -0.135. The molecule has 0 spiro atoms. The quantitative estimate of drug-likeness (QED) is 0.705. The molecular weight excluding hydrogens is 392 g/mol. The first kappa shape index (κ1) is 20.1. The maximum Gasteiger partial charge on any atom is 0.407 e. The van der Waals surface area contributed by atoms with Crippen molar-refractivity contribution in [3.63, 3.8) is 0 Å². The van der Waals surface area contributed by atoms with Crippen LogP contribution in [0, 0.1) is 0 Å². The first-order valence-corrected chi connectivity index (χ1v) is 9.98. The summed E-state index contributed by atoms with van der Waals surface area (Å²) in [6.07, 6.45) is 0.531. The number of piperidine rings is 1. The van der Waals surface area contributed by atoms with Crippen LogP contribution in [0.5, 0.6) is 0 Å². The Hall–Kier alpha value is -3.14. The smallest absolute Gasteiger partial charge is 0.407 e. The van der Waals surface area contributed by atoms with Gasteiger partial charge in [-0.1, -0.05) is 12.1 Å². The lowest BCUT2D eigenvalue weighted by Gasteiger charge is -2.31. The summed E-state index contributed by atoms with van der Waals surface area (Å²) in [4.78, 5) is 49.3. The Morgan fingerprint density at radius 1 is 1.30 bits per heavy atom. The van der Waals surface area contributed by atoms with Gasteiger partial charge in [-0.05, 0) is 30.9 Å². The lowest BCUT2D eigenvalue weighted by Crippen LogP contribution is -2.45. The second-order valence-electron chi connectivity index (χ2n) is 7.72. The van der Waals surface area contributed by atoms with E-state index in [2.05, 4.69) is 5.32 Å². The number of imide groups is 1. The standard InChI is InChI=1S/C20H24N4O6/c1-22-17-12(5-6-13-11-23(20(28)29)9-10-30-13)3-2-4-14(17)24(19(22)27)15-7-8-16(25)21-18(15)26/h2-4,13,15H,5-11H2,1H3,(H,28,29)(H,21,25,26)/t13-,15?/m1/s1. The van der Waals surface area contributed by atoms with Gasteiger partial charge in [0.15, 0.2) is 0 Å². The van der Waals surface area contributed by atoms with Crippen molar-refractivity contribution in [1.82, 2.24) is 19.4 Å². The molecular formula is C20H24N4O6. The van der Waals surface area contributed by atoms with E-state index >= 15 is 0 Å². The number of morpholine rings is 1. The maximum atomic E-state index is 13.0. The van der Waals surface area contributed by atoms with E-state index in [0.29, 0.717) is 38.1 Å². The van der Waals surface area contributed by atoms with Crippen LogP contribution in [-0.2, 0) is 27.8 Å². The van der Waals surface area contributed by atoms with E-state index < -0.39 is 18.0 Å². The first-order valence-electron chi connectivity index (χ1n) is 9.98. The molecule has 3 heterocycles. The molecule has 1 aromatic heterocycles. The molecule has 0 aliphatic carbocycles. The molecule has 30 heavy (non-hydrogen) atoms. The number of aromatic nitrogens is 2. The molecule has 3 amide bonds. The largest absolute Gasteiger partial charge is 0.465 e. The van der Waals surface area contributed by atoms with Gasteiger partial charge in [0.05, 0.1) is 30.3 Å². The van der Waals surface area contributed by atoms with Crippen LogP contribution in [0.15, 0.2) is 23.0 Å². The maximum absolute atomic E-state index is 13.0. The van der Waals surface area contributed by atoms with Crippen molar-refractivity contribution in [3.8, 4) is 0 Å². The molecule has 0 saturated carbocycles. The molecule has 2 N–H and O–H groups in total. The van der Waals surface area contributed by atoms with Gasteiger partial charge in [0.1, 0.15) is 6.04 Å². The van der Waals surface area contributed by atoms with Gasteiger partial charge in [-0.3, -0.25) is 24.0 Å². The number of amides is 3. The van der Waals surface area contributed by atoms with E-state index in [1.165, 1.54) is 14.0 Å². The number of nitrogens with zero attached hydrogens (tertiary/aromatic N) is 3. The zero-order valence-corrected chi connectivity index (χ0v) is 16.7. The van der Waals surface area contributed by atoms with Gasteiger partial charge in [-0.2, -0.15) is 0 Å². The third kappa shape index (κ3) is 3.58. The fourth-order valence-electron chi connectivity index (χ4n) is 4.34. The van der Waals surface area contributed by atoms with Crippen LogP contribution in [0.3, 0.4) is 0 Å². The van der Waals surface area contributed by atoms with Crippen LogP contribution in [-0.4, -0.2) is 62.8 Å². The van der Waals surface area contributed by atoms with Gasteiger partial charge in [0.2, 0.25) is 11.8 Å². The van der Waals surface area contributed by atoms with Crippen molar-refractivity contribution in [3.05, 3.63) is 34.2 Å². The fourth-order valence-corrected chi connectivity index (χ4v) is 4.34. The molecule has 2 aliphatic rings. The monoisotopic (exact) mass is 416 g/mol. The summed E-state index contributed by atoms with van der Waals surface area (Å²) in [6, 6.07) is 4.84. The molecule has 1 unspecified atom stereocenters. The van der Waals surface area contributed by atoms with Crippen LogP contribution >= 0.6 is 0 Å². The first-order chi connectivity index (χ1) is 14.4. The van der Waals surface area contributed by atoms with Crippen molar-refractivity contribution >= 4 is 28.9 Å². The molecule has 2 saturated heterocycles. The van der Waals surface area contributed by atoms with Crippen LogP contribution in [0.4, 0.5) is 4.79 Å². The van der Waals surface area contributed by atoms with Crippen molar-refractivity contribution in [2.45, 2.75) is 37.8 Å². The average molecular weight is 416 g/mol. The topological polar surface area (TPSA) is 123 Å². The number of carbonyl (C=O) groups is 3. The number of fused-ring (bicyclic) bond motifs is 1. The van der Waals surface area contributed by atoms with E-state index in [-0.39, 0.29) is 30.5 Å². The number of aryl methyl sites for hydroxylation is 2. The molecule has 160 valence electrons. The molecule has 0 bridgehead atoms. The fraction of sp³-hybridized carbons (Fsp3) is 0.500. The molecule has 10 heteroatoms.